The fourth-order valence-corrected chi connectivity index (χ4v) is 5.34. The minimum Gasteiger partial charge on any atom is -0.339 e. The van der Waals surface area contributed by atoms with Gasteiger partial charge in [-0.1, -0.05) is 36.1 Å². The Hall–Kier alpha value is -3.37. The van der Waals surface area contributed by atoms with Crippen molar-refractivity contribution in [3.63, 3.8) is 0 Å². The first-order valence-electron chi connectivity index (χ1n) is 11.7. The molecule has 1 saturated carbocycles. The molecule has 2 aromatic carbocycles. The summed E-state index contributed by atoms with van der Waals surface area (Å²) in [6.45, 7) is 0.371. The molecule has 2 aliphatic heterocycles. The predicted octanol–water partition coefficient (Wildman–Crippen LogP) is 3.61. The number of nitrogens with zero attached hydrogens (tertiary/aromatic N) is 3. The van der Waals surface area contributed by atoms with Crippen LogP contribution in [0.3, 0.4) is 0 Å². The van der Waals surface area contributed by atoms with Gasteiger partial charge in [-0.15, -0.1) is 6.42 Å². The number of halogens is 2. The zero-order chi connectivity index (χ0) is 24.7. The second-order valence-corrected chi connectivity index (χ2v) is 9.91. The van der Waals surface area contributed by atoms with Crippen LogP contribution < -0.4 is 4.90 Å². The third kappa shape index (κ3) is 4.06. The number of anilines is 1. The minimum atomic E-state index is -1.27. The maximum atomic E-state index is 15.0. The molecular formula is C27H25ClFN3O3. The van der Waals surface area contributed by atoms with Crippen molar-refractivity contribution in [1.29, 1.82) is 0 Å². The van der Waals surface area contributed by atoms with E-state index in [1.807, 2.05) is 12.1 Å². The number of hydrogen-bond donors (Lipinski definition) is 0. The predicted molar refractivity (Wildman–Crippen MR) is 130 cm³/mol. The standard InChI is InChI=1S/C27H25ClFN3O3/c1-2-18-8-11-23(22(29)14-18)31-16-24(33)32(15-19-6-9-21(28)10-7-19)27(26(31)35)12-13-30(17-27)25(34)20-4-3-5-20/h1,6-11,14,20H,3-5,12-13,15-17H2/t27-/m1/s1. The first kappa shape index (κ1) is 23.4. The van der Waals surface area contributed by atoms with Crippen molar-refractivity contribution in [2.24, 2.45) is 5.92 Å². The Morgan fingerprint density at radius 3 is 2.54 bits per heavy atom. The van der Waals surface area contributed by atoms with Crippen LogP contribution in [0.1, 0.15) is 36.8 Å². The molecule has 2 heterocycles. The maximum absolute atomic E-state index is 15.0. The average molecular weight is 494 g/mol. The van der Waals surface area contributed by atoms with Crippen LogP contribution in [-0.4, -0.2) is 52.7 Å². The summed E-state index contributed by atoms with van der Waals surface area (Å²) < 4.78 is 15.0. The van der Waals surface area contributed by atoms with Crippen molar-refractivity contribution in [3.05, 3.63) is 64.4 Å². The molecule has 3 amide bonds. The number of hydrogen-bond acceptors (Lipinski definition) is 3. The lowest BCUT2D eigenvalue weighted by Gasteiger charge is -2.47. The average Bonchev–Trinajstić information content (AvgIpc) is 3.26. The Morgan fingerprint density at radius 2 is 1.91 bits per heavy atom. The molecule has 2 saturated heterocycles. The molecule has 0 unspecified atom stereocenters. The van der Waals surface area contributed by atoms with Gasteiger partial charge in [0.1, 0.15) is 17.9 Å². The molecule has 6 nitrogen and oxygen atoms in total. The van der Waals surface area contributed by atoms with Crippen LogP contribution in [0.2, 0.25) is 5.02 Å². The SMILES string of the molecule is C#Cc1ccc(N2CC(=O)N(Cc3ccc(Cl)cc3)[C@@]3(CCN(C(=O)C4CCC4)C3)C2=O)c(F)c1. The lowest BCUT2D eigenvalue weighted by atomic mass is 9.84. The van der Waals surface area contributed by atoms with E-state index in [-0.39, 0.29) is 49.0 Å². The molecule has 1 aliphatic carbocycles. The first-order chi connectivity index (χ1) is 16.8. The number of benzene rings is 2. The van der Waals surface area contributed by atoms with Gasteiger partial charge in [0.15, 0.2) is 0 Å². The first-order valence-corrected chi connectivity index (χ1v) is 12.1. The van der Waals surface area contributed by atoms with Crippen LogP contribution in [0.15, 0.2) is 42.5 Å². The largest absolute Gasteiger partial charge is 0.339 e. The number of amides is 3. The van der Waals surface area contributed by atoms with E-state index in [0.29, 0.717) is 23.6 Å². The van der Waals surface area contributed by atoms with Crippen LogP contribution >= 0.6 is 11.6 Å². The summed E-state index contributed by atoms with van der Waals surface area (Å²) in [5.41, 5.74) is -0.0985. The molecule has 2 aromatic rings. The Balaban J connectivity index is 1.51. The normalized spacial score (nSPS) is 22.5. The number of piperazine rings is 1. The molecule has 0 aromatic heterocycles. The minimum absolute atomic E-state index is 0.0108. The number of carbonyl (C=O) groups is 3. The highest BCUT2D eigenvalue weighted by Gasteiger charge is 2.57. The van der Waals surface area contributed by atoms with Crippen molar-refractivity contribution in [2.75, 3.05) is 24.5 Å². The zero-order valence-corrected chi connectivity index (χ0v) is 19.9. The van der Waals surface area contributed by atoms with Crippen molar-refractivity contribution in [2.45, 2.75) is 37.8 Å². The number of likely N-dealkylation sites (tertiary alicyclic amines) is 1. The van der Waals surface area contributed by atoms with Crippen LogP contribution in [0.4, 0.5) is 10.1 Å². The highest BCUT2D eigenvalue weighted by Crippen LogP contribution is 2.39. The van der Waals surface area contributed by atoms with Crippen LogP contribution in [0, 0.1) is 24.1 Å². The highest BCUT2D eigenvalue weighted by atomic mass is 35.5. The number of carbonyl (C=O) groups excluding carboxylic acids is 3. The molecule has 180 valence electrons. The van der Waals surface area contributed by atoms with Gasteiger partial charge >= 0.3 is 0 Å². The third-order valence-electron chi connectivity index (χ3n) is 7.43. The molecule has 1 spiro atoms. The second kappa shape index (κ2) is 9.01. The summed E-state index contributed by atoms with van der Waals surface area (Å²) in [5.74, 6) is 1.02. The van der Waals surface area contributed by atoms with Crippen LogP contribution in [0.5, 0.6) is 0 Å². The molecule has 3 aliphatic rings. The molecular weight excluding hydrogens is 469 g/mol. The van der Waals surface area contributed by atoms with Gasteiger partial charge in [-0.3, -0.25) is 19.3 Å². The van der Waals surface area contributed by atoms with E-state index in [4.69, 9.17) is 18.0 Å². The van der Waals surface area contributed by atoms with Gasteiger partial charge in [0.2, 0.25) is 11.8 Å². The molecule has 1 atom stereocenters. The Kier molecular flexibility index (Phi) is 6.02. The smallest absolute Gasteiger partial charge is 0.255 e. The van der Waals surface area contributed by atoms with E-state index < -0.39 is 11.4 Å². The fraction of sp³-hybridized carbons (Fsp3) is 0.370. The number of rotatable bonds is 4. The second-order valence-electron chi connectivity index (χ2n) is 9.48. The molecule has 0 bridgehead atoms. The summed E-state index contributed by atoms with van der Waals surface area (Å²) in [7, 11) is 0. The quantitative estimate of drug-likeness (QED) is 0.611. The zero-order valence-electron chi connectivity index (χ0n) is 19.2. The van der Waals surface area contributed by atoms with Gasteiger partial charge in [-0.25, -0.2) is 4.39 Å². The van der Waals surface area contributed by atoms with E-state index >= 15 is 0 Å². The Morgan fingerprint density at radius 1 is 1.17 bits per heavy atom. The van der Waals surface area contributed by atoms with Gasteiger partial charge in [0.05, 0.1) is 12.2 Å². The van der Waals surface area contributed by atoms with Crippen LogP contribution in [-0.2, 0) is 20.9 Å². The summed E-state index contributed by atoms with van der Waals surface area (Å²) in [4.78, 5) is 45.1. The molecule has 3 fully saturated rings. The van der Waals surface area contributed by atoms with E-state index in [0.717, 1.165) is 24.8 Å². The monoisotopic (exact) mass is 493 g/mol. The topological polar surface area (TPSA) is 60.9 Å². The van der Waals surface area contributed by atoms with Gasteiger partial charge in [0, 0.05) is 29.6 Å². The van der Waals surface area contributed by atoms with E-state index in [2.05, 4.69) is 5.92 Å². The van der Waals surface area contributed by atoms with Gasteiger partial charge in [-0.2, -0.15) is 0 Å². The van der Waals surface area contributed by atoms with Gasteiger partial charge in [0.25, 0.3) is 5.91 Å². The highest BCUT2D eigenvalue weighted by molar-refractivity contribution is 6.30. The summed E-state index contributed by atoms with van der Waals surface area (Å²) >= 11 is 6.02. The van der Waals surface area contributed by atoms with E-state index in [1.165, 1.54) is 17.0 Å². The van der Waals surface area contributed by atoms with Crippen molar-refractivity contribution < 1.29 is 18.8 Å². The van der Waals surface area contributed by atoms with Crippen molar-refractivity contribution >= 4 is 35.0 Å². The third-order valence-corrected chi connectivity index (χ3v) is 7.68. The summed E-state index contributed by atoms with van der Waals surface area (Å²) in [6, 6.07) is 11.2. The number of terminal acetylenes is 1. The Bertz CT molecular complexity index is 1240. The van der Waals surface area contributed by atoms with E-state index in [9.17, 15) is 18.8 Å². The summed E-state index contributed by atoms with van der Waals surface area (Å²) in [6.07, 6.45) is 8.39. The summed E-state index contributed by atoms with van der Waals surface area (Å²) in [5, 5.41) is 0.569. The fourth-order valence-electron chi connectivity index (χ4n) is 5.21. The maximum Gasteiger partial charge on any atom is 0.255 e. The van der Waals surface area contributed by atoms with Gasteiger partial charge < -0.3 is 9.80 Å². The molecule has 0 N–H and O–H groups in total. The molecule has 5 rings (SSSR count). The lowest BCUT2D eigenvalue weighted by molar-refractivity contribution is -0.152. The van der Waals surface area contributed by atoms with E-state index in [1.54, 1.807) is 28.0 Å². The lowest BCUT2D eigenvalue weighted by Crippen LogP contribution is -2.69. The van der Waals surface area contributed by atoms with Crippen molar-refractivity contribution in [1.82, 2.24) is 9.80 Å². The van der Waals surface area contributed by atoms with Gasteiger partial charge in [-0.05, 0) is 55.2 Å². The van der Waals surface area contributed by atoms with Crippen LogP contribution in [0.25, 0.3) is 0 Å². The molecule has 35 heavy (non-hydrogen) atoms. The molecule has 8 heteroatoms. The van der Waals surface area contributed by atoms with Crippen molar-refractivity contribution in [3.8, 4) is 12.3 Å². The molecule has 0 radical (unpaired) electrons. The Labute approximate surface area is 208 Å².